The number of alkyl halides is 2. The number of aliphatic imine (C=N–C) groups is 1. The molecule has 0 fully saturated rings. The zero-order chi connectivity index (χ0) is 22.1. The molecule has 0 aliphatic carbocycles. The van der Waals surface area contributed by atoms with Gasteiger partial charge in [0.15, 0.2) is 5.96 Å². The number of halogens is 2. The first-order valence-corrected chi connectivity index (χ1v) is 9.59. The van der Waals surface area contributed by atoms with Gasteiger partial charge in [0, 0.05) is 45.4 Å². The van der Waals surface area contributed by atoms with E-state index in [9.17, 15) is 13.6 Å². The van der Waals surface area contributed by atoms with Gasteiger partial charge >= 0.3 is 6.61 Å². The zero-order valence-electron chi connectivity index (χ0n) is 17.7. The fraction of sp³-hybridized carbons (Fsp3) is 0.364. The smallest absolute Gasteiger partial charge is 0.387 e. The van der Waals surface area contributed by atoms with Crippen LogP contribution in [0, 0.1) is 6.92 Å². The van der Waals surface area contributed by atoms with Crippen LogP contribution < -0.4 is 15.4 Å². The van der Waals surface area contributed by atoms with Gasteiger partial charge in [0.2, 0.25) is 0 Å². The Kier molecular flexibility index (Phi) is 8.58. The number of aryl methyl sites for hydroxylation is 1. The second-order valence-corrected chi connectivity index (χ2v) is 6.99. The van der Waals surface area contributed by atoms with Gasteiger partial charge in [0.1, 0.15) is 5.75 Å². The summed E-state index contributed by atoms with van der Waals surface area (Å²) >= 11 is 0. The van der Waals surface area contributed by atoms with Crippen LogP contribution >= 0.6 is 0 Å². The minimum Gasteiger partial charge on any atom is -0.434 e. The van der Waals surface area contributed by atoms with Crippen molar-refractivity contribution in [1.82, 2.24) is 15.5 Å². The molecule has 30 heavy (non-hydrogen) atoms. The third-order valence-corrected chi connectivity index (χ3v) is 4.39. The van der Waals surface area contributed by atoms with Crippen LogP contribution in [0.5, 0.6) is 5.75 Å². The monoisotopic (exact) mass is 418 g/mol. The third-order valence-electron chi connectivity index (χ3n) is 4.39. The molecule has 0 heterocycles. The molecule has 1 amide bonds. The Bertz CT molecular complexity index is 885. The molecule has 162 valence electrons. The van der Waals surface area contributed by atoms with E-state index in [-0.39, 0.29) is 18.2 Å². The number of hydrogen-bond donors (Lipinski definition) is 2. The van der Waals surface area contributed by atoms with Crippen molar-refractivity contribution < 1.29 is 18.3 Å². The summed E-state index contributed by atoms with van der Waals surface area (Å²) in [5.74, 6) is 0.642. The Hall–Kier alpha value is -3.16. The topological polar surface area (TPSA) is 66.0 Å². The first kappa shape index (κ1) is 23.1. The lowest BCUT2D eigenvalue weighted by Crippen LogP contribution is -2.38. The molecule has 8 heteroatoms. The van der Waals surface area contributed by atoms with Crippen molar-refractivity contribution in [1.29, 1.82) is 0 Å². The molecule has 0 aliphatic rings. The number of hydrogen-bond acceptors (Lipinski definition) is 3. The summed E-state index contributed by atoms with van der Waals surface area (Å²) < 4.78 is 29.8. The fourth-order valence-corrected chi connectivity index (χ4v) is 2.90. The SMILES string of the molecule is CN=C(NCCc1cccc(C(=O)N(C)C)c1)NCc1cc(C)ccc1OC(F)F. The van der Waals surface area contributed by atoms with Gasteiger partial charge in [-0.3, -0.25) is 9.79 Å². The van der Waals surface area contributed by atoms with Crippen molar-refractivity contribution in [2.75, 3.05) is 27.7 Å². The van der Waals surface area contributed by atoms with E-state index in [1.165, 1.54) is 6.07 Å². The lowest BCUT2D eigenvalue weighted by atomic mass is 10.1. The number of ether oxygens (including phenoxy) is 1. The molecule has 0 saturated carbocycles. The van der Waals surface area contributed by atoms with E-state index < -0.39 is 6.61 Å². The van der Waals surface area contributed by atoms with Crippen LogP contribution in [0.4, 0.5) is 8.78 Å². The summed E-state index contributed by atoms with van der Waals surface area (Å²) in [6.07, 6.45) is 0.694. The predicted octanol–water partition coefficient (Wildman–Crippen LogP) is 3.21. The molecule has 2 rings (SSSR count). The molecule has 0 spiro atoms. The maximum Gasteiger partial charge on any atom is 0.387 e. The van der Waals surface area contributed by atoms with E-state index in [4.69, 9.17) is 0 Å². The standard InChI is InChI=1S/C22H28F2N4O2/c1-15-8-9-19(30-21(23)24)18(12-15)14-27-22(25-2)26-11-10-16-6-5-7-17(13-16)20(29)28(3)4/h5-9,12-13,21H,10-11,14H2,1-4H3,(H2,25,26,27). The number of carbonyl (C=O) groups excluding carboxylic acids is 1. The molecular weight excluding hydrogens is 390 g/mol. The second-order valence-electron chi connectivity index (χ2n) is 6.99. The van der Waals surface area contributed by atoms with Crippen LogP contribution in [0.2, 0.25) is 0 Å². The van der Waals surface area contributed by atoms with Gasteiger partial charge in [-0.05, 0) is 37.1 Å². The molecule has 0 atom stereocenters. The Morgan fingerprint density at radius 1 is 1.17 bits per heavy atom. The number of guanidine groups is 1. The summed E-state index contributed by atoms with van der Waals surface area (Å²) in [5, 5.41) is 6.30. The first-order valence-electron chi connectivity index (χ1n) is 9.59. The molecule has 0 radical (unpaired) electrons. The maximum absolute atomic E-state index is 12.6. The predicted molar refractivity (Wildman–Crippen MR) is 114 cm³/mol. The number of nitrogens with one attached hydrogen (secondary N) is 2. The van der Waals surface area contributed by atoms with Gasteiger partial charge in [-0.15, -0.1) is 0 Å². The summed E-state index contributed by atoms with van der Waals surface area (Å²) in [7, 11) is 5.08. The Labute approximate surface area is 175 Å². The highest BCUT2D eigenvalue weighted by atomic mass is 19.3. The van der Waals surface area contributed by atoms with E-state index in [1.807, 2.05) is 25.1 Å². The average Bonchev–Trinajstić information content (AvgIpc) is 2.71. The van der Waals surface area contributed by atoms with Crippen LogP contribution in [0.15, 0.2) is 47.5 Å². The quantitative estimate of drug-likeness (QED) is 0.510. The number of carbonyl (C=O) groups is 1. The molecule has 2 aromatic carbocycles. The van der Waals surface area contributed by atoms with Gasteiger partial charge in [-0.2, -0.15) is 8.78 Å². The Morgan fingerprint density at radius 2 is 1.93 bits per heavy atom. The van der Waals surface area contributed by atoms with E-state index in [2.05, 4.69) is 20.4 Å². The first-order chi connectivity index (χ1) is 14.3. The van der Waals surface area contributed by atoms with Crippen LogP contribution in [0.3, 0.4) is 0 Å². The minimum absolute atomic E-state index is 0.0396. The molecule has 0 saturated heterocycles. The van der Waals surface area contributed by atoms with Crippen molar-refractivity contribution in [3.05, 3.63) is 64.7 Å². The highest BCUT2D eigenvalue weighted by Crippen LogP contribution is 2.22. The largest absolute Gasteiger partial charge is 0.434 e. The molecule has 2 aromatic rings. The van der Waals surface area contributed by atoms with E-state index in [0.717, 1.165) is 11.1 Å². The Balaban J connectivity index is 1.92. The van der Waals surface area contributed by atoms with Crippen molar-refractivity contribution in [2.45, 2.75) is 26.5 Å². The summed E-state index contributed by atoms with van der Waals surface area (Å²) in [6.45, 7) is -0.110. The molecule has 0 bridgehead atoms. The number of benzene rings is 2. The van der Waals surface area contributed by atoms with Gasteiger partial charge in [0.25, 0.3) is 5.91 Å². The normalized spacial score (nSPS) is 11.4. The molecule has 0 aliphatic heterocycles. The molecule has 0 unspecified atom stereocenters. The molecule has 0 aromatic heterocycles. The van der Waals surface area contributed by atoms with E-state index in [1.54, 1.807) is 44.2 Å². The van der Waals surface area contributed by atoms with Gasteiger partial charge in [0.05, 0.1) is 0 Å². The third kappa shape index (κ3) is 7.02. The van der Waals surface area contributed by atoms with Gasteiger partial charge in [-0.1, -0.05) is 29.8 Å². The number of amides is 1. The maximum atomic E-state index is 12.6. The fourth-order valence-electron chi connectivity index (χ4n) is 2.90. The molecule has 2 N–H and O–H groups in total. The lowest BCUT2D eigenvalue weighted by molar-refractivity contribution is -0.0504. The van der Waals surface area contributed by atoms with Crippen LogP contribution in [-0.2, 0) is 13.0 Å². The summed E-state index contributed by atoms with van der Waals surface area (Å²) in [4.78, 5) is 17.8. The highest BCUT2D eigenvalue weighted by molar-refractivity contribution is 5.94. The van der Waals surface area contributed by atoms with E-state index >= 15 is 0 Å². The Morgan fingerprint density at radius 3 is 2.60 bits per heavy atom. The average molecular weight is 418 g/mol. The summed E-state index contributed by atoms with van der Waals surface area (Å²) in [6, 6.07) is 12.6. The van der Waals surface area contributed by atoms with Crippen LogP contribution in [0.25, 0.3) is 0 Å². The molecule has 6 nitrogen and oxygen atoms in total. The van der Waals surface area contributed by atoms with Crippen molar-refractivity contribution in [3.63, 3.8) is 0 Å². The number of nitrogens with zero attached hydrogens (tertiary/aromatic N) is 2. The zero-order valence-corrected chi connectivity index (χ0v) is 17.7. The highest BCUT2D eigenvalue weighted by Gasteiger charge is 2.11. The minimum atomic E-state index is -2.88. The molecular formula is C22H28F2N4O2. The van der Waals surface area contributed by atoms with Crippen LogP contribution in [-0.4, -0.2) is 51.1 Å². The van der Waals surface area contributed by atoms with Gasteiger partial charge < -0.3 is 20.3 Å². The van der Waals surface area contributed by atoms with E-state index in [0.29, 0.717) is 30.1 Å². The van der Waals surface area contributed by atoms with Gasteiger partial charge in [-0.25, -0.2) is 0 Å². The van der Waals surface area contributed by atoms with Crippen LogP contribution in [0.1, 0.15) is 27.0 Å². The number of rotatable bonds is 8. The van der Waals surface area contributed by atoms with Crippen molar-refractivity contribution in [2.24, 2.45) is 4.99 Å². The van der Waals surface area contributed by atoms with Crippen molar-refractivity contribution in [3.8, 4) is 5.75 Å². The second kappa shape index (κ2) is 11.1. The van der Waals surface area contributed by atoms with Crippen molar-refractivity contribution >= 4 is 11.9 Å². The summed E-state index contributed by atoms with van der Waals surface area (Å²) in [5.41, 5.74) is 3.24. The lowest BCUT2D eigenvalue weighted by Gasteiger charge is -2.15.